The minimum atomic E-state index is 0.778. The zero-order chi connectivity index (χ0) is 11.8. The van der Waals surface area contributed by atoms with Crippen LogP contribution in [0, 0.1) is 0 Å². The lowest BCUT2D eigenvalue weighted by Crippen LogP contribution is -2.27. The van der Waals surface area contributed by atoms with Crippen molar-refractivity contribution < 1.29 is 0 Å². The number of rotatable bonds is 8. The highest BCUT2D eigenvalue weighted by molar-refractivity contribution is 6.30. The van der Waals surface area contributed by atoms with Crippen molar-refractivity contribution in [1.82, 2.24) is 15.2 Å². The number of aromatic amines is 1. The Morgan fingerprint density at radius 3 is 2.69 bits per heavy atom. The molecule has 3 nitrogen and oxygen atoms in total. The highest BCUT2D eigenvalue weighted by Gasteiger charge is 1.99. The highest BCUT2D eigenvalue weighted by Crippen LogP contribution is 2.08. The lowest BCUT2D eigenvalue weighted by molar-refractivity contribution is 0.298. The van der Waals surface area contributed by atoms with E-state index in [1.165, 1.54) is 13.0 Å². The Kier molecular flexibility index (Phi) is 6.53. The molecule has 1 aromatic heterocycles. The monoisotopic (exact) mass is 243 g/mol. The normalized spacial score (nSPS) is 11.2. The second-order valence-electron chi connectivity index (χ2n) is 3.90. The van der Waals surface area contributed by atoms with E-state index in [9.17, 15) is 0 Å². The largest absolute Gasteiger partial charge is 0.363 e. The quantitative estimate of drug-likeness (QED) is 0.688. The van der Waals surface area contributed by atoms with E-state index in [2.05, 4.69) is 29.0 Å². The average molecular weight is 244 g/mol. The van der Waals surface area contributed by atoms with Gasteiger partial charge in [0.25, 0.3) is 0 Å². The molecule has 0 atom stereocenters. The number of nitrogens with zero attached hydrogens (tertiary/aromatic N) is 1. The topological polar surface area (TPSA) is 31.1 Å². The molecule has 0 unspecified atom stereocenters. The molecule has 2 N–H and O–H groups in total. The third kappa shape index (κ3) is 5.01. The van der Waals surface area contributed by atoms with Crippen molar-refractivity contribution >= 4 is 11.6 Å². The van der Waals surface area contributed by atoms with Crippen molar-refractivity contribution in [2.45, 2.75) is 26.8 Å². The fourth-order valence-corrected chi connectivity index (χ4v) is 1.89. The molecule has 0 fully saturated rings. The van der Waals surface area contributed by atoms with E-state index in [0.717, 1.165) is 36.9 Å². The summed E-state index contributed by atoms with van der Waals surface area (Å²) in [6, 6.07) is 1.96. The number of hydrogen-bond acceptors (Lipinski definition) is 2. The molecule has 92 valence electrons. The Morgan fingerprint density at radius 2 is 2.12 bits per heavy atom. The van der Waals surface area contributed by atoms with E-state index in [1.807, 2.05) is 12.3 Å². The van der Waals surface area contributed by atoms with Crippen molar-refractivity contribution in [2.75, 3.05) is 26.2 Å². The minimum absolute atomic E-state index is 0.778. The van der Waals surface area contributed by atoms with Gasteiger partial charge in [0.1, 0.15) is 0 Å². The Labute approximate surface area is 103 Å². The van der Waals surface area contributed by atoms with Gasteiger partial charge >= 0.3 is 0 Å². The number of hydrogen-bond donors (Lipinski definition) is 2. The maximum atomic E-state index is 5.81. The van der Waals surface area contributed by atoms with Crippen LogP contribution in [0.25, 0.3) is 0 Å². The second-order valence-corrected chi connectivity index (χ2v) is 4.34. The van der Waals surface area contributed by atoms with Gasteiger partial charge in [0.05, 0.1) is 5.02 Å². The Hall–Kier alpha value is -0.510. The summed E-state index contributed by atoms with van der Waals surface area (Å²) < 4.78 is 0. The van der Waals surface area contributed by atoms with E-state index >= 15 is 0 Å². The maximum absolute atomic E-state index is 5.81. The van der Waals surface area contributed by atoms with Gasteiger partial charge in [0, 0.05) is 18.4 Å². The summed E-state index contributed by atoms with van der Waals surface area (Å²) in [4.78, 5) is 5.56. The maximum Gasteiger partial charge on any atom is 0.0583 e. The molecule has 0 radical (unpaired) electrons. The molecule has 0 aliphatic rings. The summed E-state index contributed by atoms with van der Waals surface area (Å²) >= 11 is 5.81. The first-order valence-electron chi connectivity index (χ1n) is 6.02. The minimum Gasteiger partial charge on any atom is -0.363 e. The van der Waals surface area contributed by atoms with Gasteiger partial charge in [-0.3, -0.25) is 0 Å². The highest BCUT2D eigenvalue weighted by atomic mass is 35.5. The SMILES string of the molecule is CCN(CC)CCCNCc1cc(Cl)c[nH]1. The first-order valence-corrected chi connectivity index (χ1v) is 6.40. The number of nitrogens with one attached hydrogen (secondary N) is 2. The molecule has 0 aliphatic carbocycles. The molecule has 0 saturated carbocycles. The van der Waals surface area contributed by atoms with E-state index in [0.29, 0.717) is 0 Å². The van der Waals surface area contributed by atoms with Gasteiger partial charge in [-0.2, -0.15) is 0 Å². The van der Waals surface area contributed by atoms with Crippen LogP contribution in [0.3, 0.4) is 0 Å². The summed E-state index contributed by atoms with van der Waals surface area (Å²) in [5.41, 5.74) is 1.15. The summed E-state index contributed by atoms with van der Waals surface area (Å²) in [5.74, 6) is 0. The summed E-state index contributed by atoms with van der Waals surface area (Å²) in [5, 5.41) is 4.18. The lowest BCUT2D eigenvalue weighted by atomic mass is 10.3. The van der Waals surface area contributed by atoms with E-state index in [1.54, 1.807) is 0 Å². The number of halogens is 1. The first-order chi connectivity index (χ1) is 7.76. The molecule has 0 saturated heterocycles. The van der Waals surface area contributed by atoms with Crippen LogP contribution >= 0.6 is 11.6 Å². The summed E-state index contributed by atoms with van der Waals surface area (Å²) in [7, 11) is 0. The molecular weight excluding hydrogens is 222 g/mol. The van der Waals surface area contributed by atoms with Crippen molar-refractivity contribution in [2.24, 2.45) is 0 Å². The van der Waals surface area contributed by atoms with Gasteiger partial charge in [-0.05, 0) is 38.7 Å². The molecule has 0 aliphatic heterocycles. The van der Waals surface area contributed by atoms with Gasteiger partial charge in [-0.15, -0.1) is 0 Å². The van der Waals surface area contributed by atoms with Gasteiger partial charge in [0.2, 0.25) is 0 Å². The number of aromatic nitrogens is 1. The Balaban J connectivity index is 2.04. The van der Waals surface area contributed by atoms with Crippen molar-refractivity contribution in [3.63, 3.8) is 0 Å². The lowest BCUT2D eigenvalue weighted by Gasteiger charge is -2.17. The molecule has 1 rings (SSSR count). The second kappa shape index (κ2) is 7.71. The molecule has 16 heavy (non-hydrogen) atoms. The molecule has 1 heterocycles. The predicted molar refractivity (Wildman–Crippen MR) is 69.9 cm³/mol. The Morgan fingerprint density at radius 1 is 1.38 bits per heavy atom. The molecule has 1 aromatic rings. The summed E-state index contributed by atoms with van der Waals surface area (Å²) in [6.07, 6.45) is 3.00. The third-order valence-corrected chi connectivity index (χ3v) is 2.96. The van der Waals surface area contributed by atoms with Crippen molar-refractivity contribution in [1.29, 1.82) is 0 Å². The van der Waals surface area contributed by atoms with Crippen LogP contribution in [0.1, 0.15) is 26.0 Å². The number of H-pyrrole nitrogens is 1. The molecule has 4 heteroatoms. The van der Waals surface area contributed by atoms with E-state index in [4.69, 9.17) is 11.6 Å². The fraction of sp³-hybridized carbons (Fsp3) is 0.667. The third-order valence-electron chi connectivity index (χ3n) is 2.75. The average Bonchev–Trinajstić information content (AvgIpc) is 2.70. The smallest absolute Gasteiger partial charge is 0.0583 e. The summed E-state index contributed by atoms with van der Waals surface area (Å²) in [6.45, 7) is 9.78. The standard InChI is InChI=1S/C12H22ClN3/c1-3-16(4-2)7-5-6-14-10-12-8-11(13)9-15-12/h8-9,14-15H,3-7,10H2,1-2H3. The van der Waals surface area contributed by atoms with Crippen LogP contribution in [-0.4, -0.2) is 36.1 Å². The molecule has 0 amide bonds. The van der Waals surface area contributed by atoms with E-state index < -0.39 is 0 Å². The Bertz CT molecular complexity index is 282. The predicted octanol–water partition coefficient (Wildman–Crippen LogP) is 2.49. The molecule has 0 bridgehead atoms. The molecular formula is C12H22ClN3. The van der Waals surface area contributed by atoms with Crippen molar-refractivity contribution in [3.05, 3.63) is 23.0 Å². The van der Waals surface area contributed by atoms with Crippen LogP contribution < -0.4 is 5.32 Å². The van der Waals surface area contributed by atoms with Crippen LogP contribution in [-0.2, 0) is 6.54 Å². The van der Waals surface area contributed by atoms with Crippen LogP contribution in [0.15, 0.2) is 12.3 Å². The zero-order valence-corrected chi connectivity index (χ0v) is 11.0. The zero-order valence-electron chi connectivity index (χ0n) is 10.2. The molecule has 0 aromatic carbocycles. The van der Waals surface area contributed by atoms with Crippen LogP contribution in [0.5, 0.6) is 0 Å². The van der Waals surface area contributed by atoms with Gasteiger partial charge in [-0.25, -0.2) is 0 Å². The van der Waals surface area contributed by atoms with Crippen LogP contribution in [0.4, 0.5) is 0 Å². The first kappa shape index (κ1) is 13.6. The van der Waals surface area contributed by atoms with Gasteiger partial charge < -0.3 is 15.2 Å². The fourth-order valence-electron chi connectivity index (χ4n) is 1.70. The van der Waals surface area contributed by atoms with Crippen LogP contribution in [0.2, 0.25) is 5.02 Å². The van der Waals surface area contributed by atoms with Crippen molar-refractivity contribution in [3.8, 4) is 0 Å². The van der Waals surface area contributed by atoms with Gasteiger partial charge in [-0.1, -0.05) is 25.4 Å². The van der Waals surface area contributed by atoms with E-state index in [-0.39, 0.29) is 0 Å². The molecule has 0 spiro atoms. The van der Waals surface area contributed by atoms with Gasteiger partial charge in [0.15, 0.2) is 0 Å².